The van der Waals surface area contributed by atoms with Crippen LogP contribution in [0.3, 0.4) is 0 Å². The third-order valence-corrected chi connectivity index (χ3v) is 16.3. The number of nitrogens with two attached hydrogens (primary N) is 1. The van der Waals surface area contributed by atoms with Gasteiger partial charge >= 0.3 is 18.0 Å². The molecule has 5 amide bonds. The summed E-state index contributed by atoms with van der Waals surface area (Å²) in [5.41, 5.74) is 2.62. The Kier molecular flexibility index (Phi) is 23.7. The Labute approximate surface area is 488 Å². The van der Waals surface area contributed by atoms with Crippen molar-refractivity contribution in [3.05, 3.63) is 81.4 Å². The first-order valence-electron chi connectivity index (χ1n) is 27.9. The number of esters is 2. The molecule has 2 aromatic carbocycles. The Morgan fingerprint density at radius 2 is 1.70 bits per heavy atom. The van der Waals surface area contributed by atoms with Gasteiger partial charge in [0, 0.05) is 71.7 Å². The van der Waals surface area contributed by atoms with Crippen LogP contribution in [-0.2, 0) is 65.4 Å². The van der Waals surface area contributed by atoms with Gasteiger partial charge in [-0.05, 0) is 101 Å². The van der Waals surface area contributed by atoms with Crippen molar-refractivity contribution in [2.45, 2.75) is 173 Å². The van der Waals surface area contributed by atoms with Gasteiger partial charge in [0.1, 0.15) is 69.5 Å². The van der Waals surface area contributed by atoms with Crippen LogP contribution in [0, 0.1) is 29.4 Å². The van der Waals surface area contributed by atoms with E-state index in [2.05, 4.69) is 10.6 Å². The smallest absolute Gasteiger partial charge is 0.328 e. The number of hydrogen-bond donors (Lipinski definition) is 4. The van der Waals surface area contributed by atoms with Crippen LogP contribution >= 0.6 is 11.6 Å². The molecular weight excluding hydrogens is 1100 g/mol. The number of epoxide rings is 1. The van der Waals surface area contributed by atoms with Gasteiger partial charge in [-0.15, -0.1) is 0 Å². The maximum Gasteiger partial charge on any atom is 0.328 e. The lowest BCUT2D eigenvalue weighted by molar-refractivity contribution is -0.187. The zero-order valence-corrected chi connectivity index (χ0v) is 50.0. The summed E-state index contributed by atoms with van der Waals surface area (Å²) in [6.07, 6.45) is 1.12. The van der Waals surface area contributed by atoms with Crippen LogP contribution in [0.1, 0.15) is 134 Å². The van der Waals surface area contributed by atoms with Crippen LogP contribution < -0.4 is 26.0 Å². The van der Waals surface area contributed by atoms with Crippen molar-refractivity contribution in [3.63, 3.8) is 0 Å². The number of amides is 5. The first-order chi connectivity index (χ1) is 38.9. The molecule has 23 heteroatoms. The van der Waals surface area contributed by atoms with Crippen LogP contribution in [0.25, 0.3) is 0 Å². The third-order valence-electron chi connectivity index (χ3n) is 15.9. The highest BCUT2D eigenvalue weighted by Gasteiger charge is 2.64. The van der Waals surface area contributed by atoms with Crippen molar-refractivity contribution in [3.8, 4) is 5.75 Å². The van der Waals surface area contributed by atoms with E-state index in [0.29, 0.717) is 43.4 Å². The number of fused-ring (bicyclic) bond motifs is 5. The molecule has 0 aliphatic carbocycles. The Bertz CT molecular complexity index is 2850. The minimum atomic E-state index is -1.71. The number of hydrogen-bond acceptors (Lipinski definition) is 15. The molecule has 456 valence electrons. The number of urea groups is 1. The molecule has 5 rings (SSSR count). The Hall–Kier alpha value is -6.62. The number of carbonyl (C=O) groups excluding carboxylic acids is 9. The molecule has 0 unspecified atom stereocenters. The van der Waals surface area contributed by atoms with Crippen molar-refractivity contribution in [2.24, 2.45) is 23.5 Å². The van der Waals surface area contributed by atoms with E-state index in [9.17, 15) is 48.3 Å². The van der Waals surface area contributed by atoms with Gasteiger partial charge < -0.3 is 59.8 Å². The molecule has 4 bridgehead atoms. The van der Waals surface area contributed by atoms with Gasteiger partial charge in [0.25, 0.3) is 5.91 Å². The minimum absolute atomic E-state index is 0.00385. The largest absolute Gasteiger partial charge is 0.495 e. The lowest BCUT2D eigenvalue weighted by atomic mass is 9.78. The van der Waals surface area contributed by atoms with E-state index in [4.69, 9.17) is 41.0 Å². The van der Waals surface area contributed by atoms with E-state index in [1.807, 2.05) is 13.0 Å². The van der Waals surface area contributed by atoms with Crippen molar-refractivity contribution in [1.82, 2.24) is 15.5 Å². The average molecular weight is 1180 g/mol. The number of primary amides is 1. The van der Waals surface area contributed by atoms with Crippen LogP contribution in [0.2, 0.25) is 5.02 Å². The molecule has 2 fully saturated rings. The van der Waals surface area contributed by atoms with Gasteiger partial charge in [0.2, 0.25) is 11.8 Å². The summed E-state index contributed by atoms with van der Waals surface area (Å²) in [5, 5.41) is 17.2. The highest BCUT2D eigenvalue weighted by atomic mass is 35.5. The summed E-state index contributed by atoms with van der Waals surface area (Å²) in [5.74, 6) is -9.11. The fraction of sp³-hybridized carbons (Fsp3) is 0.583. The standard InChI is InChI=1S/C60H80ClF2N5O15/c1-32(2)40(27-39(70)18-13-12-17-34(4)69)55(74)66-44(19-15-21-65-58(64)77)46(71)26-38-25-43(63)41(28-42(38)62)56(75)67(8)36(6)57(76)82-50-29-51(72)68(9)45-23-37(24-47(79-10)53(45)61)22-33(3)16-14-20-49(80-11)60(78)30-48(81-52(73)31-60)35(5)54-59(50,7)83-54/h14,16,20,23-25,28,32,35-36,40,44,48-50,54,78H,12-13,15,17-19,21-22,26-27,29-31H2,1-11H3,(H,66,74)(H3,64,65,77)/b20-14+,33-16+/t35-,36+,40+,44+,48+,49-,50+,54+,59+,60-/m1/s1. The predicted molar refractivity (Wildman–Crippen MR) is 302 cm³/mol. The van der Waals surface area contributed by atoms with Crippen LogP contribution in [-0.4, -0.2) is 146 Å². The van der Waals surface area contributed by atoms with E-state index >= 15 is 8.78 Å². The maximum atomic E-state index is 16.1. The summed E-state index contributed by atoms with van der Waals surface area (Å²) >= 11 is 6.82. The Morgan fingerprint density at radius 3 is 2.34 bits per heavy atom. The molecule has 0 radical (unpaired) electrons. The number of carbonyl (C=O) groups is 9. The summed E-state index contributed by atoms with van der Waals surface area (Å²) < 4.78 is 61.7. The van der Waals surface area contributed by atoms with Crippen molar-refractivity contribution >= 4 is 70.3 Å². The second-order valence-corrected chi connectivity index (χ2v) is 23.1. The van der Waals surface area contributed by atoms with Crippen molar-refractivity contribution < 1.29 is 80.7 Å². The van der Waals surface area contributed by atoms with Gasteiger partial charge in [0.05, 0.1) is 43.3 Å². The number of methoxy groups -OCH3 is 2. The number of nitrogens with one attached hydrogen (secondary N) is 2. The molecule has 83 heavy (non-hydrogen) atoms. The van der Waals surface area contributed by atoms with Gasteiger partial charge in [-0.1, -0.05) is 56.2 Å². The monoisotopic (exact) mass is 1180 g/mol. The fourth-order valence-corrected chi connectivity index (χ4v) is 10.9. The van der Waals surface area contributed by atoms with Crippen LogP contribution in [0.15, 0.2) is 48.1 Å². The van der Waals surface area contributed by atoms with Crippen molar-refractivity contribution in [2.75, 3.05) is 39.8 Å². The molecule has 10 atom stereocenters. The molecule has 2 saturated heterocycles. The number of anilines is 1. The third kappa shape index (κ3) is 17.5. The summed E-state index contributed by atoms with van der Waals surface area (Å²) in [7, 11) is 5.47. The number of allylic oxidation sites excluding steroid dienone is 3. The number of rotatable bonds is 23. The second kappa shape index (κ2) is 29.3. The highest BCUT2D eigenvalue weighted by Crippen LogP contribution is 2.50. The summed E-state index contributed by atoms with van der Waals surface area (Å²) in [6.45, 7) is 11.4. The SMILES string of the molecule is COc1cc2cc(c1Cl)N(C)C(=O)C[C@H](OC(=O)[C@H](C)N(C)C(=O)c1cc(F)c(CC(=O)[C@H](CCCNC(N)=O)NC(=O)[C@@H](CC(=O)CCCCC(C)=O)C(C)C)cc1F)[C@]1(C)O[C@H]1[C@H](C)[C@@H]1C[C@@](O)(CC(=O)O1)[C@H](OC)/C=C/C=C(\C)C2. The molecular formula is C60H80ClF2N5O15. The molecule has 20 nitrogen and oxygen atoms in total. The van der Waals surface area contributed by atoms with Crippen molar-refractivity contribution in [1.29, 1.82) is 0 Å². The average Bonchev–Trinajstić information content (AvgIpc) is 2.14. The Balaban J connectivity index is 1.39. The molecule has 0 spiro atoms. The van der Waals surface area contributed by atoms with Gasteiger partial charge in [-0.2, -0.15) is 0 Å². The van der Waals surface area contributed by atoms with E-state index in [1.54, 1.807) is 52.0 Å². The molecule has 2 aromatic rings. The number of ketones is 3. The highest BCUT2D eigenvalue weighted by molar-refractivity contribution is 6.35. The number of ether oxygens (including phenoxy) is 5. The van der Waals surface area contributed by atoms with E-state index in [0.717, 1.165) is 17.5 Å². The zero-order valence-electron chi connectivity index (χ0n) is 49.2. The molecule has 0 aromatic heterocycles. The number of likely N-dealkylation sites (N-methyl/N-ethyl adjacent to an activating group) is 1. The van der Waals surface area contributed by atoms with Crippen LogP contribution in [0.4, 0.5) is 19.3 Å². The first-order valence-corrected chi connectivity index (χ1v) is 28.2. The number of Topliss-reactive ketones (excluding diaryl/α,β-unsaturated/α-hetero) is 3. The molecule has 3 heterocycles. The summed E-state index contributed by atoms with van der Waals surface area (Å²) in [4.78, 5) is 121. The Morgan fingerprint density at radius 1 is 1.01 bits per heavy atom. The lowest BCUT2D eigenvalue weighted by Crippen LogP contribution is -2.53. The van der Waals surface area contributed by atoms with Gasteiger partial charge in [-0.25, -0.2) is 18.4 Å². The predicted octanol–water partition coefficient (Wildman–Crippen LogP) is 6.78. The van der Waals surface area contributed by atoms with E-state index in [-0.39, 0.29) is 79.0 Å². The topological polar surface area (TPSA) is 280 Å². The lowest BCUT2D eigenvalue weighted by Gasteiger charge is -2.41. The number of aliphatic hydroxyl groups is 1. The van der Waals surface area contributed by atoms with E-state index < -0.39 is 137 Å². The van der Waals surface area contributed by atoms with E-state index in [1.165, 1.54) is 40.0 Å². The normalized spacial score (nSPS) is 24.8. The van der Waals surface area contributed by atoms with Crippen LogP contribution in [0.5, 0.6) is 5.75 Å². The minimum Gasteiger partial charge on any atom is -0.495 e. The number of nitrogens with zero attached hydrogens (tertiary/aromatic N) is 2. The fourth-order valence-electron chi connectivity index (χ4n) is 10.6. The number of benzene rings is 2. The molecule has 5 N–H and O–H groups in total. The zero-order chi connectivity index (χ0) is 61.8. The second-order valence-electron chi connectivity index (χ2n) is 22.7. The summed E-state index contributed by atoms with van der Waals surface area (Å²) in [6, 6.07) is 1.06. The molecule has 3 aliphatic heterocycles. The maximum absolute atomic E-state index is 16.1. The van der Waals surface area contributed by atoms with Gasteiger partial charge in [0.15, 0.2) is 5.78 Å². The first kappa shape index (κ1) is 67.2. The number of unbranched alkanes of at least 4 members (excludes halogenated alkanes) is 1. The molecule has 0 saturated carbocycles. The number of halogens is 3. The molecule has 3 aliphatic rings. The quantitative estimate of drug-likeness (QED) is 0.0507. The van der Waals surface area contributed by atoms with Gasteiger partial charge in [-0.3, -0.25) is 28.8 Å².